The first kappa shape index (κ1) is 19.7. The molecule has 2 N–H and O–H groups in total. The Labute approximate surface area is 155 Å². The number of aliphatic carboxylic acids is 1. The smallest absolute Gasteiger partial charge is 0.331 e. The fourth-order valence-electron chi connectivity index (χ4n) is 2.68. The molecule has 2 rings (SSSR count). The molecule has 2 aromatic rings. The van der Waals surface area contributed by atoms with Crippen LogP contribution < -0.4 is 10.1 Å². The lowest BCUT2D eigenvalue weighted by Gasteiger charge is -2.14. The molecule has 0 spiro atoms. The van der Waals surface area contributed by atoms with E-state index in [1.807, 2.05) is 31.3 Å². The number of benzene rings is 2. The molecule has 0 aromatic heterocycles. The fraction of sp³-hybridized carbons (Fsp3) is 0.318. The second-order valence-electron chi connectivity index (χ2n) is 6.32. The third-order valence-electron chi connectivity index (χ3n) is 4.10. The van der Waals surface area contributed by atoms with Crippen LogP contribution in [0.25, 0.3) is 17.2 Å². The van der Waals surface area contributed by atoms with E-state index >= 15 is 0 Å². The predicted molar refractivity (Wildman–Crippen MR) is 106 cm³/mol. The summed E-state index contributed by atoms with van der Waals surface area (Å²) < 4.78 is 6.02. The van der Waals surface area contributed by atoms with Gasteiger partial charge in [-0.15, -0.1) is 0 Å². The average Bonchev–Trinajstić information content (AvgIpc) is 2.62. The normalized spacial score (nSPS) is 11.4. The molecule has 0 aliphatic carbocycles. The van der Waals surface area contributed by atoms with Crippen molar-refractivity contribution in [2.24, 2.45) is 0 Å². The molecule has 4 heteroatoms. The monoisotopic (exact) mass is 353 g/mol. The molecule has 0 fully saturated rings. The Balaban J connectivity index is 2.42. The highest BCUT2D eigenvalue weighted by Gasteiger charge is 2.09. The summed E-state index contributed by atoms with van der Waals surface area (Å²) >= 11 is 0. The van der Waals surface area contributed by atoms with Crippen molar-refractivity contribution in [3.8, 4) is 16.9 Å². The molecular weight excluding hydrogens is 326 g/mol. The first-order chi connectivity index (χ1) is 12.5. The highest BCUT2D eigenvalue weighted by atomic mass is 16.5. The van der Waals surface area contributed by atoms with Gasteiger partial charge in [0.2, 0.25) is 0 Å². The summed E-state index contributed by atoms with van der Waals surface area (Å²) in [6.45, 7) is 5.17. The molecule has 0 radical (unpaired) electrons. The zero-order valence-corrected chi connectivity index (χ0v) is 15.7. The Hall–Kier alpha value is -2.59. The van der Waals surface area contributed by atoms with Crippen molar-refractivity contribution in [3.63, 3.8) is 0 Å². The zero-order chi connectivity index (χ0) is 18.9. The summed E-state index contributed by atoms with van der Waals surface area (Å²) in [5.74, 6) is -0.130. The van der Waals surface area contributed by atoms with E-state index in [-0.39, 0.29) is 0 Å². The largest absolute Gasteiger partial charge is 0.493 e. The van der Waals surface area contributed by atoms with Crippen LogP contribution in [-0.2, 0) is 11.3 Å². The Kier molecular flexibility index (Phi) is 7.42. The molecule has 0 atom stereocenters. The third-order valence-corrected chi connectivity index (χ3v) is 4.10. The number of hydrogen-bond donors (Lipinski definition) is 2. The molecule has 0 bridgehead atoms. The molecule has 0 saturated heterocycles. The summed E-state index contributed by atoms with van der Waals surface area (Å²) in [6.07, 6.45) is 3.70. The number of unbranched alkanes of at least 4 members (excludes halogenated alkanes) is 1. The van der Waals surface area contributed by atoms with Gasteiger partial charge in [-0.3, -0.25) is 0 Å². The van der Waals surface area contributed by atoms with Gasteiger partial charge in [0.05, 0.1) is 6.61 Å². The van der Waals surface area contributed by atoms with Gasteiger partial charge in [0, 0.05) is 17.7 Å². The second-order valence-corrected chi connectivity index (χ2v) is 6.32. The first-order valence-corrected chi connectivity index (χ1v) is 8.97. The minimum atomic E-state index is -0.915. The topological polar surface area (TPSA) is 58.6 Å². The van der Waals surface area contributed by atoms with Crippen LogP contribution in [0.1, 0.15) is 37.8 Å². The number of carboxylic acids is 1. The predicted octanol–water partition coefficient (Wildman–Crippen LogP) is 4.74. The van der Waals surface area contributed by atoms with Gasteiger partial charge in [-0.1, -0.05) is 43.7 Å². The Morgan fingerprint density at radius 3 is 2.73 bits per heavy atom. The molecule has 0 unspecified atom stereocenters. The molecular formula is C22H27NO3. The van der Waals surface area contributed by atoms with Crippen LogP contribution in [0, 0.1) is 0 Å². The lowest BCUT2D eigenvalue weighted by atomic mass is 9.99. The van der Waals surface area contributed by atoms with E-state index in [2.05, 4.69) is 30.4 Å². The van der Waals surface area contributed by atoms with Crippen LogP contribution in [0.3, 0.4) is 0 Å². The molecule has 0 saturated carbocycles. The Bertz CT molecular complexity index is 781. The SMILES string of the molecule is CCCCOc1cc(C=C(C)C(=O)O)ccc1-c1cccc(CNC)c1. The Morgan fingerprint density at radius 2 is 2.04 bits per heavy atom. The number of ether oxygens (including phenoxy) is 1. The molecule has 26 heavy (non-hydrogen) atoms. The highest BCUT2D eigenvalue weighted by molar-refractivity contribution is 5.91. The van der Waals surface area contributed by atoms with Gasteiger partial charge in [0.1, 0.15) is 5.75 Å². The van der Waals surface area contributed by atoms with Gasteiger partial charge >= 0.3 is 5.97 Å². The van der Waals surface area contributed by atoms with Gasteiger partial charge < -0.3 is 15.2 Å². The van der Waals surface area contributed by atoms with Crippen molar-refractivity contribution in [2.45, 2.75) is 33.2 Å². The van der Waals surface area contributed by atoms with Crippen LogP contribution in [0.4, 0.5) is 0 Å². The molecule has 2 aromatic carbocycles. The maximum atomic E-state index is 11.1. The van der Waals surface area contributed by atoms with E-state index in [1.165, 1.54) is 5.56 Å². The number of rotatable bonds is 9. The van der Waals surface area contributed by atoms with Gasteiger partial charge in [-0.25, -0.2) is 4.79 Å². The van der Waals surface area contributed by atoms with Gasteiger partial charge in [0.25, 0.3) is 0 Å². The summed E-state index contributed by atoms with van der Waals surface area (Å²) in [7, 11) is 1.93. The molecule has 0 amide bonds. The average molecular weight is 353 g/mol. The van der Waals surface area contributed by atoms with Crippen LogP contribution in [0.5, 0.6) is 5.75 Å². The van der Waals surface area contributed by atoms with E-state index in [0.29, 0.717) is 12.2 Å². The first-order valence-electron chi connectivity index (χ1n) is 8.97. The van der Waals surface area contributed by atoms with E-state index in [9.17, 15) is 4.79 Å². The highest BCUT2D eigenvalue weighted by Crippen LogP contribution is 2.32. The maximum Gasteiger partial charge on any atom is 0.331 e. The molecule has 138 valence electrons. The lowest BCUT2D eigenvalue weighted by Crippen LogP contribution is -2.05. The number of hydrogen-bond acceptors (Lipinski definition) is 3. The van der Waals surface area contributed by atoms with Crippen molar-refractivity contribution < 1.29 is 14.6 Å². The van der Waals surface area contributed by atoms with E-state index in [0.717, 1.165) is 41.8 Å². The van der Waals surface area contributed by atoms with Gasteiger partial charge in [-0.2, -0.15) is 0 Å². The van der Waals surface area contributed by atoms with E-state index in [1.54, 1.807) is 13.0 Å². The minimum absolute atomic E-state index is 0.299. The van der Waals surface area contributed by atoms with E-state index in [4.69, 9.17) is 9.84 Å². The van der Waals surface area contributed by atoms with Crippen LogP contribution in [0.2, 0.25) is 0 Å². The number of nitrogens with one attached hydrogen (secondary N) is 1. The minimum Gasteiger partial charge on any atom is -0.493 e. The second kappa shape index (κ2) is 9.78. The van der Waals surface area contributed by atoms with Gasteiger partial charge in [-0.05, 0) is 55.3 Å². The van der Waals surface area contributed by atoms with Gasteiger partial charge in [0.15, 0.2) is 0 Å². The standard InChI is InChI=1S/C22H27NO3/c1-4-5-11-26-21-14-17(12-16(2)22(24)25)9-10-20(21)19-8-6-7-18(13-19)15-23-3/h6-10,12-14,23H,4-5,11,15H2,1-3H3,(H,24,25). The maximum absolute atomic E-state index is 11.1. The van der Waals surface area contributed by atoms with Crippen molar-refractivity contribution >= 4 is 12.0 Å². The lowest BCUT2D eigenvalue weighted by molar-refractivity contribution is -0.132. The van der Waals surface area contributed by atoms with Crippen molar-refractivity contribution in [2.75, 3.05) is 13.7 Å². The summed E-state index contributed by atoms with van der Waals surface area (Å²) in [6, 6.07) is 14.2. The summed E-state index contributed by atoms with van der Waals surface area (Å²) in [5, 5.41) is 12.3. The van der Waals surface area contributed by atoms with Crippen LogP contribution in [-0.4, -0.2) is 24.7 Å². The summed E-state index contributed by atoms with van der Waals surface area (Å²) in [5.41, 5.74) is 4.44. The number of carboxylic acid groups (broad SMARTS) is 1. The molecule has 0 aliphatic rings. The zero-order valence-electron chi connectivity index (χ0n) is 15.7. The third kappa shape index (κ3) is 5.46. The quantitative estimate of drug-likeness (QED) is 0.505. The fourth-order valence-corrected chi connectivity index (χ4v) is 2.68. The molecule has 0 aliphatic heterocycles. The van der Waals surface area contributed by atoms with Crippen molar-refractivity contribution in [1.82, 2.24) is 5.32 Å². The molecule has 0 heterocycles. The Morgan fingerprint density at radius 1 is 1.23 bits per heavy atom. The summed E-state index contributed by atoms with van der Waals surface area (Å²) in [4.78, 5) is 11.1. The van der Waals surface area contributed by atoms with Crippen LogP contribution in [0.15, 0.2) is 48.0 Å². The number of carbonyl (C=O) groups is 1. The van der Waals surface area contributed by atoms with Crippen molar-refractivity contribution in [3.05, 3.63) is 59.2 Å². The molecule has 4 nitrogen and oxygen atoms in total. The van der Waals surface area contributed by atoms with Crippen LogP contribution >= 0.6 is 0 Å². The van der Waals surface area contributed by atoms with Crippen molar-refractivity contribution in [1.29, 1.82) is 0 Å². The van der Waals surface area contributed by atoms with E-state index < -0.39 is 5.97 Å².